The highest BCUT2D eigenvalue weighted by molar-refractivity contribution is 6.30. The van der Waals surface area contributed by atoms with Crippen molar-refractivity contribution in [2.24, 2.45) is 4.99 Å². The molecule has 3 aromatic carbocycles. The van der Waals surface area contributed by atoms with E-state index in [9.17, 15) is 10.1 Å². The second-order valence-electron chi connectivity index (χ2n) is 8.97. The topological polar surface area (TPSA) is 102 Å². The Bertz CT molecular complexity index is 1240. The number of hydrogen-bond acceptors (Lipinski definition) is 5. The van der Waals surface area contributed by atoms with Crippen LogP contribution in [0, 0.1) is 11.5 Å². The van der Waals surface area contributed by atoms with Gasteiger partial charge in [-0.25, -0.2) is 4.99 Å². The van der Waals surface area contributed by atoms with Crippen molar-refractivity contribution in [2.75, 3.05) is 31.5 Å². The number of ether oxygens (including phenoxy) is 1. The Labute approximate surface area is 228 Å². The minimum atomic E-state index is -0.716. The van der Waals surface area contributed by atoms with E-state index in [0.29, 0.717) is 35.2 Å². The van der Waals surface area contributed by atoms with Crippen molar-refractivity contribution in [2.45, 2.75) is 25.3 Å². The van der Waals surface area contributed by atoms with Crippen LogP contribution in [0.3, 0.4) is 0 Å². The highest BCUT2D eigenvalue weighted by Gasteiger charge is 2.20. The van der Waals surface area contributed by atoms with Gasteiger partial charge in [-0.05, 0) is 80.0 Å². The van der Waals surface area contributed by atoms with E-state index in [4.69, 9.17) is 16.3 Å². The Hall–Kier alpha value is -4.06. The number of halogens is 1. The lowest BCUT2D eigenvalue weighted by Crippen LogP contribution is -2.41. The molecule has 0 radical (unpaired) electrons. The summed E-state index contributed by atoms with van der Waals surface area (Å²) in [4.78, 5) is 20.1. The number of amides is 1. The van der Waals surface area contributed by atoms with E-state index in [2.05, 4.69) is 25.8 Å². The molecule has 1 unspecified atom stereocenters. The van der Waals surface area contributed by atoms with Crippen molar-refractivity contribution >= 4 is 29.2 Å². The van der Waals surface area contributed by atoms with Crippen LogP contribution >= 0.6 is 11.6 Å². The van der Waals surface area contributed by atoms with Gasteiger partial charge in [0.05, 0.1) is 0 Å². The number of carbonyl (C=O) groups excluding carboxylic acids is 1. The Morgan fingerprint density at radius 3 is 2.32 bits per heavy atom. The predicted octanol–water partition coefficient (Wildman–Crippen LogP) is 4.79. The summed E-state index contributed by atoms with van der Waals surface area (Å²) in [5.41, 5.74) is 1.67. The van der Waals surface area contributed by atoms with E-state index in [1.54, 1.807) is 36.4 Å². The number of rotatable bonds is 10. The average molecular weight is 531 g/mol. The number of aliphatic imine (C=N–C) groups is 1. The van der Waals surface area contributed by atoms with Crippen LogP contribution in [0.1, 0.15) is 18.4 Å². The van der Waals surface area contributed by atoms with Gasteiger partial charge in [-0.3, -0.25) is 10.1 Å². The molecule has 1 heterocycles. The number of likely N-dealkylation sites (tertiary alicyclic amines) is 1. The molecule has 0 bridgehead atoms. The first-order chi connectivity index (χ1) is 18.6. The van der Waals surface area contributed by atoms with Gasteiger partial charge in [0.2, 0.25) is 11.9 Å². The Kier molecular flexibility index (Phi) is 9.96. The molecule has 3 N–H and O–H groups in total. The standard InChI is InChI=1S/C29H31ClN6O2/c30-23-8-12-25(13-9-23)38-26-14-10-24(11-15-26)34-29(33-21-31)35-27(20-22-6-2-1-3-7-22)28(37)32-16-19-36-17-4-5-18-36/h1-3,6-15,27H,4-5,16-20H2,(H,32,37)(H2,33,34,35). The maximum absolute atomic E-state index is 13.2. The van der Waals surface area contributed by atoms with Gasteiger partial charge < -0.3 is 20.3 Å². The fourth-order valence-electron chi connectivity index (χ4n) is 4.18. The number of anilines is 1. The smallest absolute Gasteiger partial charge is 0.245 e. The van der Waals surface area contributed by atoms with Crippen molar-refractivity contribution in [3.05, 3.63) is 89.4 Å². The van der Waals surface area contributed by atoms with Crippen LogP contribution in [0.4, 0.5) is 5.69 Å². The van der Waals surface area contributed by atoms with Gasteiger partial charge in [0.15, 0.2) is 6.19 Å². The molecule has 1 fully saturated rings. The molecular weight excluding hydrogens is 500 g/mol. The van der Waals surface area contributed by atoms with Gasteiger partial charge in [0.1, 0.15) is 17.5 Å². The lowest BCUT2D eigenvalue weighted by Gasteiger charge is -2.18. The van der Waals surface area contributed by atoms with E-state index >= 15 is 0 Å². The molecule has 38 heavy (non-hydrogen) atoms. The van der Waals surface area contributed by atoms with Crippen LogP contribution in [0.15, 0.2) is 83.9 Å². The zero-order valence-corrected chi connectivity index (χ0v) is 21.8. The van der Waals surface area contributed by atoms with Crippen molar-refractivity contribution in [3.8, 4) is 17.7 Å². The van der Waals surface area contributed by atoms with Crippen LogP contribution in [0.5, 0.6) is 11.5 Å². The van der Waals surface area contributed by atoms with E-state index in [-0.39, 0.29) is 11.9 Å². The normalized spacial score (nSPS) is 14.4. The molecule has 1 atom stereocenters. The molecule has 4 rings (SSSR count). The quantitative estimate of drug-likeness (QED) is 0.151. The number of carbonyl (C=O) groups is 1. The van der Waals surface area contributed by atoms with Crippen molar-refractivity contribution in [3.63, 3.8) is 0 Å². The minimum absolute atomic E-state index is 0.182. The number of nitriles is 1. The van der Waals surface area contributed by atoms with E-state index in [1.807, 2.05) is 48.7 Å². The number of nitrogens with zero attached hydrogens (tertiary/aromatic N) is 3. The van der Waals surface area contributed by atoms with E-state index in [0.717, 1.165) is 25.2 Å². The Morgan fingerprint density at radius 1 is 1.00 bits per heavy atom. The van der Waals surface area contributed by atoms with Gasteiger partial charge in [-0.1, -0.05) is 41.9 Å². The highest BCUT2D eigenvalue weighted by atomic mass is 35.5. The molecule has 1 saturated heterocycles. The minimum Gasteiger partial charge on any atom is -0.457 e. The first-order valence-electron chi connectivity index (χ1n) is 12.7. The van der Waals surface area contributed by atoms with Gasteiger partial charge in [-0.2, -0.15) is 5.26 Å². The zero-order valence-electron chi connectivity index (χ0n) is 21.1. The van der Waals surface area contributed by atoms with Crippen molar-refractivity contribution in [1.82, 2.24) is 15.5 Å². The van der Waals surface area contributed by atoms with Gasteiger partial charge in [-0.15, -0.1) is 0 Å². The predicted molar refractivity (Wildman–Crippen MR) is 150 cm³/mol. The molecule has 9 heteroatoms. The number of benzene rings is 3. The third-order valence-electron chi connectivity index (χ3n) is 6.13. The highest BCUT2D eigenvalue weighted by Crippen LogP contribution is 2.24. The van der Waals surface area contributed by atoms with Crippen LogP contribution in [-0.2, 0) is 11.2 Å². The lowest BCUT2D eigenvalue weighted by molar-refractivity contribution is -0.122. The van der Waals surface area contributed by atoms with Crippen molar-refractivity contribution in [1.29, 1.82) is 5.26 Å². The second-order valence-corrected chi connectivity index (χ2v) is 9.40. The molecule has 1 aliphatic rings. The van der Waals surface area contributed by atoms with Gasteiger partial charge >= 0.3 is 0 Å². The average Bonchev–Trinajstić information content (AvgIpc) is 3.45. The maximum atomic E-state index is 13.2. The molecule has 0 saturated carbocycles. The van der Waals surface area contributed by atoms with Gasteiger partial charge in [0, 0.05) is 30.2 Å². The molecule has 196 valence electrons. The SMILES string of the molecule is N#CNC(=NC(Cc1ccccc1)C(=O)NCCN1CCCC1)Nc1ccc(Oc2ccc(Cl)cc2)cc1. The molecule has 0 aromatic heterocycles. The van der Waals surface area contributed by atoms with Crippen molar-refractivity contribution < 1.29 is 9.53 Å². The van der Waals surface area contributed by atoms with E-state index in [1.165, 1.54) is 12.8 Å². The fraction of sp³-hybridized carbons (Fsp3) is 0.276. The molecule has 0 spiro atoms. The first-order valence-corrected chi connectivity index (χ1v) is 13.0. The van der Waals surface area contributed by atoms with E-state index < -0.39 is 6.04 Å². The third-order valence-corrected chi connectivity index (χ3v) is 6.38. The largest absolute Gasteiger partial charge is 0.457 e. The monoisotopic (exact) mass is 530 g/mol. The van der Waals surface area contributed by atoms with Crippen LogP contribution < -0.4 is 20.7 Å². The maximum Gasteiger partial charge on any atom is 0.245 e. The molecule has 3 aromatic rings. The van der Waals surface area contributed by atoms with Crippen LogP contribution in [0.25, 0.3) is 0 Å². The molecule has 1 amide bonds. The second kappa shape index (κ2) is 14.0. The summed E-state index contributed by atoms with van der Waals surface area (Å²) in [5.74, 6) is 1.32. The molecule has 0 aliphatic carbocycles. The van der Waals surface area contributed by atoms with Crippen LogP contribution in [-0.4, -0.2) is 49.0 Å². The zero-order chi connectivity index (χ0) is 26.6. The molecule has 8 nitrogen and oxygen atoms in total. The summed E-state index contributed by atoms with van der Waals surface area (Å²) in [6.07, 6.45) is 4.73. The molecule has 1 aliphatic heterocycles. The fourth-order valence-corrected chi connectivity index (χ4v) is 4.31. The summed E-state index contributed by atoms with van der Waals surface area (Å²) in [5, 5.41) is 18.7. The van der Waals surface area contributed by atoms with Crippen LogP contribution in [0.2, 0.25) is 5.02 Å². The number of nitrogens with one attached hydrogen (secondary N) is 3. The summed E-state index contributed by atoms with van der Waals surface area (Å²) in [6, 6.07) is 23.3. The summed E-state index contributed by atoms with van der Waals surface area (Å²) >= 11 is 5.93. The Balaban J connectivity index is 1.44. The number of guanidine groups is 1. The molecular formula is C29H31ClN6O2. The van der Waals surface area contributed by atoms with Gasteiger partial charge in [0.25, 0.3) is 0 Å². The Morgan fingerprint density at radius 2 is 1.66 bits per heavy atom. The lowest BCUT2D eigenvalue weighted by atomic mass is 10.1. The third kappa shape index (κ3) is 8.51. The first kappa shape index (κ1) is 27.0. The summed E-state index contributed by atoms with van der Waals surface area (Å²) in [7, 11) is 0. The summed E-state index contributed by atoms with van der Waals surface area (Å²) < 4.78 is 5.84. The summed E-state index contributed by atoms with van der Waals surface area (Å²) in [6.45, 7) is 3.53. The number of hydrogen-bond donors (Lipinski definition) is 3.